The van der Waals surface area contributed by atoms with Crippen molar-refractivity contribution in [3.8, 4) is 0 Å². The van der Waals surface area contributed by atoms with Crippen molar-refractivity contribution >= 4 is 17.5 Å². The fourth-order valence-electron chi connectivity index (χ4n) is 3.89. The third kappa shape index (κ3) is 3.70. The minimum absolute atomic E-state index is 0.205. The monoisotopic (exact) mass is 374 g/mol. The molecule has 1 unspecified atom stereocenters. The summed E-state index contributed by atoms with van der Waals surface area (Å²) in [6.45, 7) is 0. The number of allylic oxidation sites excluding steroid dienone is 5. The summed E-state index contributed by atoms with van der Waals surface area (Å²) in [6, 6.07) is 30.0. The molecule has 0 spiro atoms. The number of nitrogens with zero attached hydrogens (tertiary/aromatic N) is 2. The standard InChI is InChI=1S/C27H22N2/c1-3-11-23(12-4-1)26-20-27(24-13-5-2-6-14-24)29(28-26)25-17-15-22(16-18-25)19-21-9-7-8-10-21/h1-19,27H,20H2. The van der Waals surface area contributed by atoms with Gasteiger partial charge in [-0.15, -0.1) is 0 Å². The molecule has 0 aromatic heterocycles. The lowest BCUT2D eigenvalue weighted by molar-refractivity contribution is 0.709. The first-order valence-electron chi connectivity index (χ1n) is 10.0. The Hall–Kier alpha value is -3.65. The van der Waals surface area contributed by atoms with Crippen LogP contribution < -0.4 is 5.01 Å². The van der Waals surface area contributed by atoms with E-state index < -0.39 is 0 Å². The third-order valence-corrected chi connectivity index (χ3v) is 5.38. The lowest BCUT2D eigenvalue weighted by Gasteiger charge is -2.24. The van der Waals surface area contributed by atoms with Gasteiger partial charge in [-0.2, -0.15) is 5.10 Å². The van der Waals surface area contributed by atoms with Gasteiger partial charge in [-0.25, -0.2) is 0 Å². The van der Waals surface area contributed by atoms with Gasteiger partial charge in [0, 0.05) is 6.42 Å². The van der Waals surface area contributed by atoms with Crippen LogP contribution in [0.4, 0.5) is 5.69 Å². The molecule has 1 atom stereocenters. The molecule has 0 N–H and O–H groups in total. The molecule has 0 amide bonds. The molecule has 5 rings (SSSR count). The minimum Gasteiger partial charge on any atom is -0.257 e. The Balaban J connectivity index is 1.49. The molecule has 29 heavy (non-hydrogen) atoms. The first-order valence-corrected chi connectivity index (χ1v) is 10.0. The first kappa shape index (κ1) is 17.4. The Labute approximate surface area is 171 Å². The maximum absolute atomic E-state index is 5.03. The van der Waals surface area contributed by atoms with Gasteiger partial charge in [0.25, 0.3) is 0 Å². The Bertz CT molecular complexity index is 1090. The Morgan fingerprint density at radius 3 is 2.10 bits per heavy atom. The van der Waals surface area contributed by atoms with Crippen molar-refractivity contribution in [2.75, 3.05) is 5.01 Å². The van der Waals surface area contributed by atoms with Gasteiger partial charge in [0.05, 0.1) is 17.4 Å². The van der Waals surface area contributed by atoms with E-state index in [1.54, 1.807) is 0 Å². The summed E-state index contributed by atoms with van der Waals surface area (Å²) in [5, 5.41) is 7.20. The van der Waals surface area contributed by atoms with Crippen LogP contribution in [0.5, 0.6) is 0 Å². The van der Waals surface area contributed by atoms with Crippen LogP contribution in [-0.4, -0.2) is 5.71 Å². The van der Waals surface area contributed by atoms with Crippen LogP contribution in [0.3, 0.4) is 0 Å². The fourth-order valence-corrected chi connectivity index (χ4v) is 3.89. The van der Waals surface area contributed by atoms with Gasteiger partial charge in [-0.3, -0.25) is 5.01 Å². The number of anilines is 1. The van der Waals surface area contributed by atoms with Crippen LogP contribution in [0.25, 0.3) is 6.08 Å². The second-order valence-electron chi connectivity index (χ2n) is 7.34. The maximum Gasteiger partial charge on any atom is 0.0831 e. The summed E-state index contributed by atoms with van der Waals surface area (Å²) in [5.74, 6) is 0. The molecular formula is C27H22N2. The number of hydrogen-bond donors (Lipinski definition) is 0. The highest BCUT2D eigenvalue weighted by atomic mass is 15.5. The van der Waals surface area contributed by atoms with E-state index in [-0.39, 0.29) is 6.04 Å². The van der Waals surface area contributed by atoms with Gasteiger partial charge in [-0.1, -0.05) is 97.1 Å². The van der Waals surface area contributed by atoms with E-state index in [0.717, 1.165) is 17.8 Å². The second-order valence-corrected chi connectivity index (χ2v) is 7.34. The molecule has 140 valence electrons. The van der Waals surface area contributed by atoms with Crippen molar-refractivity contribution in [1.29, 1.82) is 0 Å². The quantitative estimate of drug-likeness (QED) is 0.505. The van der Waals surface area contributed by atoms with E-state index in [9.17, 15) is 0 Å². The average Bonchev–Trinajstić information content (AvgIpc) is 3.46. The number of benzene rings is 3. The molecule has 0 saturated heterocycles. The SMILES string of the molecule is C1=CC(=Cc2ccc(N3N=C(c4ccccc4)CC3c3ccccc3)cc2)C=C1. The molecule has 0 fully saturated rings. The Kier molecular flexibility index (Phi) is 4.67. The first-order chi connectivity index (χ1) is 14.4. The van der Waals surface area contributed by atoms with E-state index in [0.29, 0.717) is 0 Å². The molecule has 2 nitrogen and oxygen atoms in total. The number of hydrazone groups is 1. The third-order valence-electron chi connectivity index (χ3n) is 5.38. The summed E-state index contributed by atoms with van der Waals surface area (Å²) in [4.78, 5) is 0. The summed E-state index contributed by atoms with van der Waals surface area (Å²) in [6.07, 6.45) is 11.5. The van der Waals surface area contributed by atoms with Crippen molar-refractivity contribution in [2.24, 2.45) is 5.10 Å². The van der Waals surface area contributed by atoms with Crippen molar-refractivity contribution in [3.63, 3.8) is 0 Å². The van der Waals surface area contributed by atoms with Crippen LogP contribution in [0, 0.1) is 0 Å². The molecule has 3 aromatic carbocycles. The summed E-state index contributed by atoms with van der Waals surface area (Å²) in [5.41, 5.74) is 7.15. The van der Waals surface area contributed by atoms with Crippen LogP contribution in [-0.2, 0) is 0 Å². The molecule has 0 saturated carbocycles. The zero-order valence-corrected chi connectivity index (χ0v) is 16.1. The number of rotatable bonds is 4. The van der Waals surface area contributed by atoms with E-state index in [4.69, 9.17) is 5.10 Å². The van der Waals surface area contributed by atoms with Crippen LogP contribution in [0.2, 0.25) is 0 Å². The molecular weight excluding hydrogens is 352 g/mol. The highest BCUT2D eigenvalue weighted by Crippen LogP contribution is 2.36. The topological polar surface area (TPSA) is 15.6 Å². The zero-order chi connectivity index (χ0) is 19.5. The van der Waals surface area contributed by atoms with Crippen LogP contribution >= 0.6 is 0 Å². The molecule has 0 bridgehead atoms. The Morgan fingerprint density at radius 2 is 1.41 bits per heavy atom. The van der Waals surface area contributed by atoms with E-state index >= 15 is 0 Å². The molecule has 0 radical (unpaired) electrons. The molecule has 1 heterocycles. The van der Waals surface area contributed by atoms with E-state index in [1.807, 2.05) is 6.07 Å². The van der Waals surface area contributed by atoms with Crippen LogP contribution in [0.15, 0.2) is 120 Å². The summed E-state index contributed by atoms with van der Waals surface area (Å²) < 4.78 is 0. The molecule has 1 aliphatic heterocycles. The van der Waals surface area contributed by atoms with Gasteiger partial charge >= 0.3 is 0 Å². The van der Waals surface area contributed by atoms with Crippen molar-refractivity contribution in [3.05, 3.63) is 131 Å². The maximum atomic E-state index is 5.03. The molecule has 1 aliphatic carbocycles. The minimum atomic E-state index is 0.205. The van der Waals surface area contributed by atoms with Crippen molar-refractivity contribution in [1.82, 2.24) is 0 Å². The molecule has 2 aliphatic rings. The van der Waals surface area contributed by atoms with E-state index in [1.165, 1.54) is 22.3 Å². The number of hydrogen-bond acceptors (Lipinski definition) is 2. The van der Waals surface area contributed by atoms with Crippen LogP contribution in [0.1, 0.15) is 29.2 Å². The molecule has 2 heteroatoms. The lowest BCUT2D eigenvalue weighted by atomic mass is 9.98. The largest absolute Gasteiger partial charge is 0.257 e. The summed E-state index contributed by atoms with van der Waals surface area (Å²) in [7, 11) is 0. The summed E-state index contributed by atoms with van der Waals surface area (Å²) >= 11 is 0. The zero-order valence-electron chi connectivity index (χ0n) is 16.1. The second kappa shape index (κ2) is 7.76. The van der Waals surface area contributed by atoms with Crippen molar-refractivity contribution < 1.29 is 0 Å². The predicted molar refractivity (Wildman–Crippen MR) is 122 cm³/mol. The van der Waals surface area contributed by atoms with Gasteiger partial charge in [0.15, 0.2) is 0 Å². The normalized spacial score (nSPS) is 17.7. The van der Waals surface area contributed by atoms with Gasteiger partial charge in [0.1, 0.15) is 0 Å². The van der Waals surface area contributed by atoms with Gasteiger partial charge in [0.2, 0.25) is 0 Å². The van der Waals surface area contributed by atoms with Gasteiger partial charge in [-0.05, 0) is 40.5 Å². The smallest absolute Gasteiger partial charge is 0.0831 e. The lowest BCUT2D eigenvalue weighted by Crippen LogP contribution is -2.18. The molecule has 3 aromatic rings. The van der Waals surface area contributed by atoms with E-state index in [2.05, 4.69) is 114 Å². The highest BCUT2D eigenvalue weighted by molar-refractivity contribution is 6.03. The van der Waals surface area contributed by atoms with Crippen molar-refractivity contribution in [2.45, 2.75) is 12.5 Å². The van der Waals surface area contributed by atoms with Gasteiger partial charge < -0.3 is 0 Å². The Morgan fingerprint density at radius 1 is 0.759 bits per heavy atom. The average molecular weight is 374 g/mol. The fraction of sp³-hybridized carbons (Fsp3) is 0.0741. The highest BCUT2D eigenvalue weighted by Gasteiger charge is 2.29. The predicted octanol–water partition coefficient (Wildman–Crippen LogP) is 6.55.